The summed E-state index contributed by atoms with van der Waals surface area (Å²) >= 11 is 0. The fraction of sp³-hybridized carbons (Fsp3) is 0.304. The third-order valence-electron chi connectivity index (χ3n) is 5.33. The van der Waals surface area contributed by atoms with E-state index in [2.05, 4.69) is 15.1 Å². The third-order valence-corrected chi connectivity index (χ3v) is 5.33. The van der Waals surface area contributed by atoms with Crippen molar-refractivity contribution in [1.82, 2.24) is 20.0 Å². The molecule has 29 heavy (non-hydrogen) atoms. The molecule has 148 valence electrons. The van der Waals surface area contributed by atoms with E-state index in [-0.39, 0.29) is 5.91 Å². The largest absolute Gasteiger partial charge is 0.361 e. The first-order chi connectivity index (χ1) is 14.1. The Hall–Kier alpha value is -3.28. The lowest BCUT2D eigenvalue weighted by molar-refractivity contribution is -0.125. The quantitative estimate of drug-likeness (QED) is 0.621. The average Bonchev–Trinajstić information content (AvgIpc) is 3.33. The van der Waals surface area contributed by atoms with Gasteiger partial charge < -0.3 is 9.42 Å². The molecule has 6 nitrogen and oxygen atoms in total. The molecule has 0 saturated carbocycles. The van der Waals surface area contributed by atoms with Crippen molar-refractivity contribution >= 4 is 12.0 Å². The Bertz CT molecular complexity index is 1010. The van der Waals surface area contributed by atoms with Crippen LogP contribution in [0.1, 0.15) is 29.1 Å². The van der Waals surface area contributed by atoms with Gasteiger partial charge in [0.25, 0.3) is 0 Å². The fourth-order valence-corrected chi connectivity index (χ4v) is 3.83. The zero-order valence-corrected chi connectivity index (χ0v) is 16.7. The Morgan fingerprint density at radius 1 is 1.24 bits per heavy atom. The molecule has 1 aliphatic heterocycles. The van der Waals surface area contributed by atoms with E-state index in [1.165, 1.54) is 0 Å². The van der Waals surface area contributed by atoms with Crippen LogP contribution in [0.2, 0.25) is 0 Å². The van der Waals surface area contributed by atoms with Crippen molar-refractivity contribution in [1.29, 1.82) is 0 Å². The topological polar surface area (TPSA) is 72.1 Å². The molecule has 1 fully saturated rings. The highest BCUT2D eigenvalue weighted by molar-refractivity contribution is 5.91. The number of carbonyl (C=O) groups is 1. The van der Waals surface area contributed by atoms with E-state index < -0.39 is 0 Å². The lowest BCUT2D eigenvalue weighted by Gasteiger charge is -2.14. The molecule has 1 unspecified atom stereocenters. The fourth-order valence-electron chi connectivity index (χ4n) is 3.83. The van der Waals surface area contributed by atoms with Gasteiger partial charge in [-0.2, -0.15) is 0 Å². The van der Waals surface area contributed by atoms with E-state index in [0.29, 0.717) is 5.92 Å². The Labute approximate surface area is 170 Å². The molecule has 0 N–H and O–H groups in total. The molecule has 0 radical (unpaired) electrons. The van der Waals surface area contributed by atoms with Crippen LogP contribution in [0.3, 0.4) is 0 Å². The molecule has 2 aromatic heterocycles. The Balaban J connectivity index is 1.39. The second-order valence-corrected chi connectivity index (χ2v) is 7.48. The van der Waals surface area contributed by atoms with Gasteiger partial charge in [-0.15, -0.1) is 0 Å². The first-order valence-electron chi connectivity index (χ1n) is 9.86. The van der Waals surface area contributed by atoms with Gasteiger partial charge in [-0.1, -0.05) is 35.5 Å². The summed E-state index contributed by atoms with van der Waals surface area (Å²) in [6.07, 6.45) is 6.94. The van der Waals surface area contributed by atoms with Gasteiger partial charge in [-0.3, -0.25) is 4.79 Å². The van der Waals surface area contributed by atoms with Gasteiger partial charge in [0.05, 0.1) is 17.0 Å². The van der Waals surface area contributed by atoms with Crippen LogP contribution < -0.4 is 0 Å². The molecule has 1 atom stereocenters. The van der Waals surface area contributed by atoms with Gasteiger partial charge in [-0.25, -0.2) is 9.97 Å². The Morgan fingerprint density at radius 2 is 2.07 bits per heavy atom. The average molecular weight is 388 g/mol. The monoisotopic (exact) mass is 388 g/mol. The van der Waals surface area contributed by atoms with Crippen LogP contribution in [0.25, 0.3) is 17.3 Å². The molecule has 3 aromatic rings. The SMILES string of the molecule is Cc1noc(C)c1-c1cc(CC2CCN(C(=O)C=Cc3ccccc3)C2)ncn1. The predicted molar refractivity (Wildman–Crippen MR) is 111 cm³/mol. The first kappa shape index (κ1) is 19.1. The van der Waals surface area contributed by atoms with Crippen molar-refractivity contribution in [3.8, 4) is 11.3 Å². The highest BCUT2D eigenvalue weighted by Gasteiger charge is 2.26. The smallest absolute Gasteiger partial charge is 0.246 e. The number of rotatable bonds is 5. The van der Waals surface area contributed by atoms with Gasteiger partial charge in [0.1, 0.15) is 12.1 Å². The molecule has 1 saturated heterocycles. The second-order valence-electron chi connectivity index (χ2n) is 7.48. The number of hydrogen-bond acceptors (Lipinski definition) is 5. The minimum atomic E-state index is 0.0652. The van der Waals surface area contributed by atoms with E-state index in [1.54, 1.807) is 12.4 Å². The lowest BCUT2D eigenvalue weighted by Crippen LogP contribution is -2.27. The van der Waals surface area contributed by atoms with Crippen LogP contribution in [0.15, 0.2) is 53.3 Å². The first-order valence-corrected chi connectivity index (χ1v) is 9.86. The van der Waals surface area contributed by atoms with Crippen molar-refractivity contribution in [2.24, 2.45) is 5.92 Å². The van der Waals surface area contributed by atoms with Crippen LogP contribution in [0, 0.1) is 19.8 Å². The summed E-state index contributed by atoms with van der Waals surface area (Å²) in [5.41, 5.74) is 4.61. The summed E-state index contributed by atoms with van der Waals surface area (Å²) in [7, 11) is 0. The number of benzene rings is 1. The minimum Gasteiger partial charge on any atom is -0.361 e. The molecule has 1 amide bonds. The lowest BCUT2D eigenvalue weighted by atomic mass is 10.0. The van der Waals surface area contributed by atoms with E-state index in [4.69, 9.17) is 4.52 Å². The molecule has 1 aliphatic rings. The Kier molecular flexibility index (Phi) is 5.51. The zero-order chi connectivity index (χ0) is 20.2. The van der Waals surface area contributed by atoms with Gasteiger partial charge in [-0.05, 0) is 50.3 Å². The normalized spacial score (nSPS) is 16.6. The van der Waals surface area contributed by atoms with E-state index in [1.807, 2.05) is 61.2 Å². The van der Waals surface area contributed by atoms with Crippen molar-refractivity contribution in [2.45, 2.75) is 26.7 Å². The van der Waals surface area contributed by atoms with Crippen LogP contribution in [0.4, 0.5) is 0 Å². The number of aromatic nitrogens is 3. The van der Waals surface area contributed by atoms with Crippen LogP contribution in [-0.2, 0) is 11.2 Å². The molecule has 0 spiro atoms. The molecule has 4 rings (SSSR count). The number of carbonyl (C=O) groups excluding carboxylic acids is 1. The second kappa shape index (κ2) is 8.39. The van der Waals surface area contributed by atoms with Gasteiger partial charge >= 0.3 is 0 Å². The summed E-state index contributed by atoms with van der Waals surface area (Å²) in [5, 5.41) is 4.01. The van der Waals surface area contributed by atoms with E-state index in [0.717, 1.165) is 59.9 Å². The van der Waals surface area contributed by atoms with Crippen molar-refractivity contribution < 1.29 is 9.32 Å². The van der Waals surface area contributed by atoms with E-state index in [9.17, 15) is 4.79 Å². The highest BCUT2D eigenvalue weighted by atomic mass is 16.5. The minimum absolute atomic E-state index is 0.0652. The maximum Gasteiger partial charge on any atom is 0.246 e. The molecule has 1 aromatic carbocycles. The van der Waals surface area contributed by atoms with Crippen molar-refractivity contribution in [2.75, 3.05) is 13.1 Å². The molecule has 6 heteroatoms. The molecule has 0 aliphatic carbocycles. The molecule has 3 heterocycles. The van der Waals surface area contributed by atoms with E-state index >= 15 is 0 Å². The van der Waals surface area contributed by atoms with Crippen LogP contribution in [-0.4, -0.2) is 39.0 Å². The van der Waals surface area contributed by atoms with Gasteiger partial charge in [0.15, 0.2) is 0 Å². The summed E-state index contributed by atoms with van der Waals surface area (Å²) in [4.78, 5) is 23.2. The summed E-state index contributed by atoms with van der Waals surface area (Å²) in [6, 6.07) is 11.9. The zero-order valence-electron chi connectivity index (χ0n) is 16.7. The number of nitrogens with zero attached hydrogens (tertiary/aromatic N) is 4. The maximum atomic E-state index is 12.5. The number of amides is 1. The number of likely N-dealkylation sites (tertiary alicyclic amines) is 1. The summed E-state index contributed by atoms with van der Waals surface area (Å²) in [5.74, 6) is 1.22. The molecule has 0 bridgehead atoms. The number of hydrogen-bond donors (Lipinski definition) is 0. The standard InChI is InChI=1S/C23H24N4O2/c1-16-23(17(2)29-26-16)21-13-20(24-15-25-21)12-19-10-11-27(14-19)22(28)9-8-18-6-4-3-5-7-18/h3-9,13,15,19H,10-12,14H2,1-2H3. The number of aryl methyl sites for hydroxylation is 2. The third kappa shape index (κ3) is 4.42. The predicted octanol–water partition coefficient (Wildman–Crippen LogP) is 3.85. The van der Waals surface area contributed by atoms with Crippen LogP contribution >= 0.6 is 0 Å². The van der Waals surface area contributed by atoms with Gasteiger partial charge in [0.2, 0.25) is 5.91 Å². The summed E-state index contributed by atoms with van der Waals surface area (Å²) in [6.45, 7) is 5.34. The van der Waals surface area contributed by atoms with Crippen molar-refractivity contribution in [3.63, 3.8) is 0 Å². The summed E-state index contributed by atoms with van der Waals surface area (Å²) < 4.78 is 5.26. The molecular weight excluding hydrogens is 364 g/mol. The van der Waals surface area contributed by atoms with Crippen LogP contribution in [0.5, 0.6) is 0 Å². The van der Waals surface area contributed by atoms with Crippen molar-refractivity contribution in [3.05, 3.63) is 71.5 Å². The molecular formula is C23H24N4O2. The highest BCUT2D eigenvalue weighted by Crippen LogP contribution is 2.26. The maximum absolute atomic E-state index is 12.5. The Morgan fingerprint density at radius 3 is 2.83 bits per heavy atom. The van der Waals surface area contributed by atoms with Gasteiger partial charge in [0, 0.05) is 24.9 Å².